The number of aliphatic carboxylic acids is 1. The third-order valence-electron chi connectivity index (χ3n) is 6.60. The predicted molar refractivity (Wildman–Crippen MR) is 128 cm³/mol. The second-order valence-electron chi connectivity index (χ2n) is 8.64. The molecule has 3 aromatic heterocycles. The number of carboxylic acid groups (broad SMARTS) is 1. The number of hydrogen-bond acceptors (Lipinski definition) is 5. The standard InChI is InChI=1S/C25H23ClFN5O2/c26-20-22(16-8-6-15(7-9-16)21(27)25(33)34)31-24-18(13-30-32(24)23(20)28)17-10-11-19(29-12-17)14-4-2-1-3-5-14/h1-5,10-13,15-16,21H,6-9,28H2,(H,33,34)/t15-,16+,21?. The van der Waals surface area contributed by atoms with Crippen LogP contribution in [0.15, 0.2) is 54.9 Å². The van der Waals surface area contributed by atoms with Gasteiger partial charge >= 0.3 is 5.97 Å². The molecule has 5 rings (SSSR count). The number of fused-ring (bicyclic) bond motifs is 1. The third kappa shape index (κ3) is 3.98. The maximum atomic E-state index is 13.9. The van der Waals surface area contributed by atoms with Gasteiger partial charge in [-0.1, -0.05) is 48.0 Å². The van der Waals surface area contributed by atoms with Crippen molar-refractivity contribution in [3.63, 3.8) is 0 Å². The van der Waals surface area contributed by atoms with Crippen LogP contribution in [0, 0.1) is 5.92 Å². The summed E-state index contributed by atoms with van der Waals surface area (Å²) >= 11 is 6.57. The monoisotopic (exact) mass is 479 g/mol. The molecule has 0 saturated heterocycles. The Hall–Kier alpha value is -3.52. The summed E-state index contributed by atoms with van der Waals surface area (Å²) in [6.07, 6.45) is 3.73. The van der Waals surface area contributed by atoms with Gasteiger partial charge in [-0.05, 0) is 31.7 Å². The molecule has 9 heteroatoms. The Morgan fingerprint density at radius 2 is 1.82 bits per heavy atom. The molecule has 0 bridgehead atoms. The van der Waals surface area contributed by atoms with Crippen LogP contribution in [0.2, 0.25) is 5.02 Å². The van der Waals surface area contributed by atoms with Crippen molar-refractivity contribution < 1.29 is 14.3 Å². The molecule has 3 N–H and O–H groups in total. The maximum absolute atomic E-state index is 13.9. The summed E-state index contributed by atoms with van der Waals surface area (Å²) in [5.74, 6) is -1.63. The molecule has 1 aromatic carbocycles. The number of carbonyl (C=O) groups is 1. The number of aromatic nitrogens is 4. The summed E-state index contributed by atoms with van der Waals surface area (Å²) in [5, 5.41) is 13.7. The Bertz CT molecular complexity index is 1340. The first-order valence-electron chi connectivity index (χ1n) is 11.2. The van der Waals surface area contributed by atoms with Crippen LogP contribution in [0.5, 0.6) is 0 Å². The Balaban J connectivity index is 1.46. The van der Waals surface area contributed by atoms with Gasteiger partial charge in [0.15, 0.2) is 11.8 Å². The summed E-state index contributed by atoms with van der Waals surface area (Å²) < 4.78 is 15.5. The predicted octanol–water partition coefficient (Wildman–Crippen LogP) is 5.39. The number of nitrogen functional groups attached to an aromatic ring is 1. The van der Waals surface area contributed by atoms with Crippen LogP contribution in [0.1, 0.15) is 37.3 Å². The molecule has 1 fully saturated rings. The smallest absolute Gasteiger partial charge is 0.338 e. The van der Waals surface area contributed by atoms with E-state index in [4.69, 9.17) is 27.4 Å². The largest absolute Gasteiger partial charge is 0.479 e. The molecule has 1 saturated carbocycles. The van der Waals surface area contributed by atoms with Crippen molar-refractivity contribution in [2.45, 2.75) is 37.8 Å². The number of pyridine rings is 1. The van der Waals surface area contributed by atoms with Crippen LogP contribution in [-0.2, 0) is 4.79 Å². The average molecular weight is 480 g/mol. The molecule has 1 atom stereocenters. The van der Waals surface area contributed by atoms with E-state index in [0.717, 1.165) is 22.4 Å². The first-order valence-corrected chi connectivity index (χ1v) is 11.5. The molecule has 1 unspecified atom stereocenters. The molecule has 1 aliphatic rings. The number of anilines is 1. The van der Waals surface area contributed by atoms with E-state index < -0.39 is 18.1 Å². The van der Waals surface area contributed by atoms with Gasteiger partial charge in [-0.15, -0.1) is 0 Å². The molecule has 174 valence electrons. The van der Waals surface area contributed by atoms with Gasteiger partial charge in [0.1, 0.15) is 10.8 Å². The normalized spacial score (nSPS) is 19.2. The molecule has 0 radical (unpaired) electrons. The zero-order valence-electron chi connectivity index (χ0n) is 18.2. The van der Waals surface area contributed by atoms with Crippen molar-refractivity contribution in [3.8, 4) is 22.4 Å². The van der Waals surface area contributed by atoms with Crippen LogP contribution in [-0.4, -0.2) is 36.8 Å². The summed E-state index contributed by atoms with van der Waals surface area (Å²) in [5.41, 5.74) is 11.0. The van der Waals surface area contributed by atoms with Gasteiger partial charge in [0.2, 0.25) is 0 Å². The van der Waals surface area contributed by atoms with Crippen molar-refractivity contribution in [3.05, 3.63) is 65.6 Å². The van der Waals surface area contributed by atoms with Crippen LogP contribution < -0.4 is 5.73 Å². The topological polar surface area (TPSA) is 106 Å². The van der Waals surface area contributed by atoms with E-state index in [0.29, 0.717) is 42.0 Å². The first-order chi connectivity index (χ1) is 16.4. The third-order valence-corrected chi connectivity index (χ3v) is 6.99. The van der Waals surface area contributed by atoms with Crippen LogP contribution in [0.25, 0.3) is 28.0 Å². The van der Waals surface area contributed by atoms with Crippen molar-refractivity contribution in [2.24, 2.45) is 5.92 Å². The number of nitrogens with zero attached hydrogens (tertiary/aromatic N) is 4. The molecule has 1 aliphatic carbocycles. The molecule has 4 aromatic rings. The van der Waals surface area contributed by atoms with Crippen LogP contribution >= 0.6 is 11.6 Å². The van der Waals surface area contributed by atoms with Crippen LogP contribution in [0.3, 0.4) is 0 Å². The lowest BCUT2D eigenvalue weighted by Gasteiger charge is -2.29. The lowest BCUT2D eigenvalue weighted by molar-refractivity contribution is -0.145. The molecule has 0 aliphatic heterocycles. The summed E-state index contributed by atoms with van der Waals surface area (Å²) in [7, 11) is 0. The molecule has 0 spiro atoms. The Labute approximate surface area is 200 Å². The fourth-order valence-corrected chi connectivity index (χ4v) is 4.98. The number of hydrogen-bond donors (Lipinski definition) is 2. The SMILES string of the molecule is Nc1c(Cl)c([C@H]2CC[C@@H](C(F)C(=O)O)CC2)nc2c(-c3ccc(-c4ccccc4)nc3)cnn12. The van der Waals surface area contributed by atoms with E-state index in [-0.39, 0.29) is 11.7 Å². The second-order valence-corrected chi connectivity index (χ2v) is 9.02. The number of alkyl halides is 1. The Morgan fingerprint density at radius 1 is 1.09 bits per heavy atom. The van der Waals surface area contributed by atoms with E-state index in [1.165, 1.54) is 4.52 Å². The zero-order chi connectivity index (χ0) is 23.8. The van der Waals surface area contributed by atoms with Crippen molar-refractivity contribution >= 4 is 29.0 Å². The van der Waals surface area contributed by atoms with Gasteiger partial charge in [-0.25, -0.2) is 14.2 Å². The van der Waals surface area contributed by atoms with Gasteiger partial charge in [0.25, 0.3) is 0 Å². The fourth-order valence-electron chi connectivity index (χ4n) is 4.71. The van der Waals surface area contributed by atoms with E-state index in [9.17, 15) is 9.18 Å². The Morgan fingerprint density at radius 3 is 2.47 bits per heavy atom. The van der Waals surface area contributed by atoms with Gasteiger partial charge in [-0.3, -0.25) is 4.98 Å². The van der Waals surface area contributed by atoms with Gasteiger partial charge in [0.05, 0.1) is 17.6 Å². The number of halogens is 2. The minimum absolute atomic E-state index is 0.0293. The zero-order valence-corrected chi connectivity index (χ0v) is 19.0. The van der Waals surface area contributed by atoms with Crippen LogP contribution in [0.4, 0.5) is 10.2 Å². The minimum atomic E-state index is -1.84. The molecular formula is C25H23ClFN5O2. The van der Waals surface area contributed by atoms with Crippen molar-refractivity contribution in [1.29, 1.82) is 0 Å². The second kappa shape index (κ2) is 9.02. The van der Waals surface area contributed by atoms with E-state index >= 15 is 0 Å². The van der Waals surface area contributed by atoms with E-state index in [1.54, 1.807) is 12.4 Å². The summed E-state index contributed by atoms with van der Waals surface area (Å²) in [4.78, 5) is 20.4. The highest BCUT2D eigenvalue weighted by Gasteiger charge is 2.34. The highest BCUT2D eigenvalue weighted by atomic mass is 35.5. The summed E-state index contributed by atoms with van der Waals surface area (Å²) in [6.45, 7) is 0. The molecule has 3 heterocycles. The lowest BCUT2D eigenvalue weighted by Crippen LogP contribution is -2.28. The molecule has 34 heavy (non-hydrogen) atoms. The highest BCUT2D eigenvalue weighted by molar-refractivity contribution is 6.33. The van der Waals surface area contributed by atoms with Crippen molar-refractivity contribution in [2.75, 3.05) is 5.73 Å². The number of rotatable bonds is 5. The average Bonchev–Trinajstić information content (AvgIpc) is 3.30. The fraction of sp³-hybridized carbons (Fsp3) is 0.280. The maximum Gasteiger partial charge on any atom is 0.338 e. The number of carboxylic acids is 1. The molecular weight excluding hydrogens is 457 g/mol. The summed E-state index contributed by atoms with van der Waals surface area (Å²) in [6, 6.07) is 13.8. The first kappa shape index (κ1) is 22.3. The van der Waals surface area contributed by atoms with Gasteiger partial charge in [-0.2, -0.15) is 9.61 Å². The Kier molecular flexibility index (Phi) is 5.91. The molecule has 7 nitrogen and oxygen atoms in total. The quantitative estimate of drug-likeness (QED) is 0.397. The van der Waals surface area contributed by atoms with E-state index in [1.807, 2.05) is 42.5 Å². The molecule has 0 amide bonds. The highest BCUT2D eigenvalue weighted by Crippen LogP contribution is 2.41. The lowest BCUT2D eigenvalue weighted by atomic mass is 9.78. The van der Waals surface area contributed by atoms with Crippen molar-refractivity contribution in [1.82, 2.24) is 19.6 Å². The van der Waals surface area contributed by atoms with Gasteiger partial charge < -0.3 is 10.8 Å². The number of nitrogens with two attached hydrogens (primary N) is 1. The van der Waals surface area contributed by atoms with Gasteiger partial charge in [0, 0.05) is 34.7 Å². The number of benzene rings is 1. The van der Waals surface area contributed by atoms with E-state index in [2.05, 4.69) is 10.1 Å². The minimum Gasteiger partial charge on any atom is -0.479 e.